The summed E-state index contributed by atoms with van der Waals surface area (Å²) in [6.45, 7) is -0.273. The predicted molar refractivity (Wildman–Crippen MR) is 167 cm³/mol. The molecule has 3 atom stereocenters. The minimum absolute atomic E-state index is 0.000810. The van der Waals surface area contributed by atoms with Crippen molar-refractivity contribution in [2.24, 2.45) is 0 Å². The number of anilines is 1. The second-order valence-corrected chi connectivity index (χ2v) is 13.2. The van der Waals surface area contributed by atoms with E-state index in [0.29, 0.717) is 11.4 Å². The van der Waals surface area contributed by atoms with Crippen LogP contribution in [0.2, 0.25) is 0 Å². The molecule has 0 aliphatic carbocycles. The van der Waals surface area contributed by atoms with Crippen LogP contribution >= 0.6 is 11.3 Å². The van der Waals surface area contributed by atoms with E-state index in [1.807, 2.05) is 53.9 Å². The van der Waals surface area contributed by atoms with E-state index in [9.17, 15) is 23.1 Å². The number of hydrogen-bond acceptors (Lipinski definition) is 8. The van der Waals surface area contributed by atoms with E-state index in [-0.39, 0.29) is 31.0 Å². The van der Waals surface area contributed by atoms with Crippen molar-refractivity contribution in [3.05, 3.63) is 113 Å². The first kappa shape index (κ1) is 31.2. The summed E-state index contributed by atoms with van der Waals surface area (Å²) in [5.74, 6) is -0.0718. The van der Waals surface area contributed by atoms with Crippen molar-refractivity contribution < 1.29 is 32.6 Å². The van der Waals surface area contributed by atoms with Gasteiger partial charge in [0.15, 0.2) is 6.10 Å². The zero-order chi connectivity index (χ0) is 31.1. The van der Waals surface area contributed by atoms with Gasteiger partial charge in [-0.2, -0.15) is 4.31 Å². The molecule has 2 amide bonds. The Morgan fingerprint density at radius 3 is 2.36 bits per heavy atom. The molecule has 4 aromatic rings. The number of rotatable bonds is 13. The highest BCUT2D eigenvalue weighted by Gasteiger charge is 2.39. The maximum absolute atomic E-state index is 13.8. The van der Waals surface area contributed by atoms with E-state index in [4.69, 9.17) is 9.47 Å². The van der Waals surface area contributed by atoms with E-state index in [2.05, 4.69) is 5.32 Å². The molecule has 1 aliphatic rings. The zero-order valence-corrected chi connectivity index (χ0v) is 25.6. The van der Waals surface area contributed by atoms with Crippen molar-refractivity contribution in [2.45, 2.75) is 36.1 Å². The average Bonchev–Trinajstić information content (AvgIpc) is 3.71. The lowest BCUT2D eigenvalue weighted by atomic mass is 10.0. The number of nitrogens with zero attached hydrogens (tertiary/aromatic N) is 2. The van der Waals surface area contributed by atoms with E-state index < -0.39 is 40.3 Å². The summed E-state index contributed by atoms with van der Waals surface area (Å²) in [5, 5.41) is 16.3. The maximum Gasteiger partial charge on any atom is 0.415 e. The smallest absolute Gasteiger partial charge is 0.415 e. The predicted octanol–water partition coefficient (Wildman–Crippen LogP) is 4.06. The Morgan fingerprint density at radius 1 is 1.05 bits per heavy atom. The number of cyclic esters (lactones) is 1. The fraction of sp³-hybridized carbons (Fsp3) is 0.250. The van der Waals surface area contributed by atoms with Crippen LogP contribution in [-0.2, 0) is 32.5 Å². The Hall–Kier alpha value is -4.23. The maximum atomic E-state index is 13.8. The van der Waals surface area contributed by atoms with Crippen molar-refractivity contribution >= 4 is 39.0 Å². The fourth-order valence-corrected chi connectivity index (χ4v) is 7.14. The molecule has 44 heavy (non-hydrogen) atoms. The van der Waals surface area contributed by atoms with Crippen LogP contribution in [0.5, 0.6) is 5.75 Å². The molecule has 0 unspecified atom stereocenters. The van der Waals surface area contributed by atoms with Gasteiger partial charge in [0.05, 0.1) is 30.7 Å². The summed E-state index contributed by atoms with van der Waals surface area (Å²) >= 11 is 1.40. The Balaban J connectivity index is 1.38. The number of hydrogen-bond donors (Lipinski definition) is 2. The van der Waals surface area contributed by atoms with Crippen molar-refractivity contribution in [3.8, 4) is 5.75 Å². The first-order chi connectivity index (χ1) is 21.2. The summed E-state index contributed by atoms with van der Waals surface area (Å²) in [6.07, 6.45) is -2.86. The lowest BCUT2D eigenvalue weighted by molar-refractivity contribution is -0.129. The number of thiophene rings is 1. The molecule has 1 aromatic heterocycles. The van der Waals surface area contributed by atoms with Gasteiger partial charge < -0.3 is 19.9 Å². The molecule has 12 heteroatoms. The lowest BCUT2D eigenvalue weighted by Gasteiger charge is -2.30. The molecule has 1 saturated heterocycles. The number of aliphatic hydroxyl groups excluding tert-OH is 1. The van der Waals surface area contributed by atoms with Gasteiger partial charge in [0.2, 0.25) is 10.0 Å². The largest absolute Gasteiger partial charge is 0.497 e. The number of sulfonamides is 1. The minimum atomic E-state index is -4.06. The molecule has 5 rings (SSSR count). The molecule has 2 heterocycles. The zero-order valence-electron chi connectivity index (χ0n) is 24.0. The first-order valence-electron chi connectivity index (χ1n) is 14.0. The third kappa shape index (κ3) is 7.45. The fourth-order valence-electron chi connectivity index (χ4n) is 4.90. The second kappa shape index (κ2) is 14.0. The van der Waals surface area contributed by atoms with E-state index in [1.165, 1.54) is 39.8 Å². The van der Waals surface area contributed by atoms with E-state index in [0.717, 1.165) is 10.4 Å². The number of benzene rings is 3. The topological polar surface area (TPSA) is 125 Å². The number of methoxy groups -OCH3 is 1. The highest BCUT2D eigenvalue weighted by molar-refractivity contribution is 7.89. The van der Waals surface area contributed by atoms with Gasteiger partial charge in [-0.1, -0.05) is 54.6 Å². The van der Waals surface area contributed by atoms with Crippen molar-refractivity contribution in [1.29, 1.82) is 0 Å². The summed E-state index contributed by atoms with van der Waals surface area (Å²) in [7, 11) is -2.56. The van der Waals surface area contributed by atoms with Crippen molar-refractivity contribution in [2.75, 3.05) is 25.1 Å². The van der Waals surface area contributed by atoms with Crippen LogP contribution in [0, 0.1) is 0 Å². The van der Waals surface area contributed by atoms with Gasteiger partial charge in [-0.15, -0.1) is 11.3 Å². The standard InChI is InChI=1S/C32H33N3O7S2/c1-41-25-14-16-27(17-15-25)44(39,40)34(20-26-13-8-18-43-26)21-29(36)28(19-23-9-4-2-5-10-23)33-31(37)30-22-35(32(38)42-30)24-11-6-3-7-12-24/h2-18,28-30,36H,19-22H2,1H3,(H,33,37)/t28-,29+,30-/m0/s1. The van der Waals surface area contributed by atoms with Gasteiger partial charge in [0.1, 0.15) is 5.75 Å². The number of carbonyl (C=O) groups is 2. The Morgan fingerprint density at radius 2 is 1.73 bits per heavy atom. The molecule has 1 aliphatic heterocycles. The van der Waals surface area contributed by atoms with Crippen molar-refractivity contribution in [3.63, 3.8) is 0 Å². The third-order valence-electron chi connectivity index (χ3n) is 7.26. The summed E-state index contributed by atoms with van der Waals surface area (Å²) in [4.78, 5) is 28.2. The number of carbonyl (C=O) groups excluding carboxylic acids is 2. The lowest BCUT2D eigenvalue weighted by Crippen LogP contribution is -2.53. The average molecular weight is 636 g/mol. The van der Waals surface area contributed by atoms with Crippen LogP contribution in [0.1, 0.15) is 10.4 Å². The molecule has 10 nitrogen and oxygen atoms in total. The van der Waals surface area contributed by atoms with Crippen LogP contribution in [0.15, 0.2) is 107 Å². The molecular weight excluding hydrogens is 603 g/mol. The van der Waals surface area contributed by atoms with Gasteiger partial charge in [-0.05, 0) is 59.8 Å². The second-order valence-electron chi connectivity index (χ2n) is 10.2. The van der Waals surface area contributed by atoms with Crippen LogP contribution in [-0.4, -0.2) is 68.3 Å². The van der Waals surface area contributed by atoms with Gasteiger partial charge in [0, 0.05) is 23.7 Å². The number of ether oxygens (including phenoxy) is 2. The van der Waals surface area contributed by atoms with Crippen LogP contribution in [0.4, 0.5) is 10.5 Å². The number of amides is 2. The Labute approximate surface area is 260 Å². The molecule has 0 spiro atoms. The molecule has 3 aromatic carbocycles. The SMILES string of the molecule is COc1ccc(S(=O)(=O)N(Cc2cccs2)C[C@@H](O)[C@H](Cc2ccccc2)NC(=O)[C@@H]2CN(c3ccccc3)C(=O)O2)cc1. The number of aliphatic hydroxyl groups is 1. The van der Waals surface area contributed by atoms with Crippen LogP contribution in [0.25, 0.3) is 0 Å². The molecule has 2 N–H and O–H groups in total. The third-order valence-corrected chi connectivity index (χ3v) is 9.95. The van der Waals surface area contributed by atoms with E-state index in [1.54, 1.807) is 36.4 Å². The minimum Gasteiger partial charge on any atom is -0.497 e. The quantitative estimate of drug-likeness (QED) is 0.227. The molecule has 1 fully saturated rings. The molecular formula is C32H33N3O7S2. The molecule has 230 valence electrons. The monoisotopic (exact) mass is 635 g/mol. The Bertz CT molecular complexity index is 1630. The molecule has 0 saturated carbocycles. The normalized spacial score (nSPS) is 16.4. The Kier molecular flexibility index (Phi) is 9.95. The summed E-state index contributed by atoms with van der Waals surface area (Å²) < 4.78 is 39.5. The van der Waals surface area contributed by atoms with E-state index >= 15 is 0 Å². The molecule has 0 radical (unpaired) electrons. The van der Waals surface area contributed by atoms with Crippen molar-refractivity contribution in [1.82, 2.24) is 9.62 Å². The number of para-hydroxylation sites is 1. The summed E-state index contributed by atoms with van der Waals surface area (Å²) in [6, 6.07) is 26.9. The first-order valence-corrected chi connectivity index (χ1v) is 16.3. The highest BCUT2D eigenvalue weighted by Crippen LogP contribution is 2.25. The van der Waals surface area contributed by atoms with Gasteiger partial charge in [0.25, 0.3) is 5.91 Å². The highest BCUT2D eigenvalue weighted by atomic mass is 32.2. The van der Waals surface area contributed by atoms with Gasteiger partial charge >= 0.3 is 6.09 Å². The van der Waals surface area contributed by atoms with Crippen LogP contribution in [0.3, 0.4) is 0 Å². The van der Waals surface area contributed by atoms with Gasteiger partial charge in [-0.25, -0.2) is 13.2 Å². The molecule has 0 bridgehead atoms. The number of nitrogens with one attached hydrogen (secondary N) is 1. The summed E-state index contributed by atoms with van der Waals surface area (Å²) in [5.41, 5.74) is 1.43. The van der Waals surface area contributed by atoms with Gasteiger partial charge in [-0.3, -0.25) is 9.69 Å². The van der Waals surface area contributed by atoms with Crippen LogP contribution < -0.4 is 15.0 Å².